The first-order valence-electron chi connectivity index (χ1n) is 7.10. The van der Waals surface area contributed by atoms with Gasteiger partial charge in [0.25, 0.3) is 0 Å². The third kappa shape index (κ3) is 2.39. The summed E-state index contributed by atoms with van der Waals surface area (Å²) in [6, 6.07) is 5.86. The summed E-state index contributed by atoms with van der Waals surface area (Å²) in [5.41, 5.74) is 3.11. The summed E-state index contributed by atoms with van der Waals surface area (Å²) in [6.45, 7) is 0. The standard InChI is InChI=1S/C16H13BrN4O/c17-10-3-4-14-12(5-10)15(21-11-6-19-20-7-11)13(8-18-14)16(22)9-1-2-9/h3-9H,1-2H2,(H,18,21)(H,19,20). The predicted molar refractivity (Wildman–Crippen MR) is 88.4 cm³/mol. The van der Waals surface area contributed by atoms with Gasteiger partial charge in [0.15, 0.2) is 5.78 Å². The van der Waals surface area contributed by atoms with Crippen molar-refractivity contribution in [3.05, 3.63) is 46.8 Å². The number of aromatic amines is 1. The lowest BCUT2D eigenvalue weighted by atomic mass is 10.0. The van der Waals surface area contributed by atoms with Crippen LogP contribution < -0.4 is 5.32 Å². The van der Waals surface area contributed by atoms with E-state index in [0.29, 0.717) is 5.56 Å². The molecule has 6 heteroatoms. The molecule has 0 bridgehead atoms. The number of aromatic nitrogens is 3. The molecule has 1 fully saturated rings. The van der Waals surface area contributed by atoms with Gasteiger partial charge in [-0.2, -0.15) is 5.10 Å². The molecule has 110 valence electrons. The Morgan fingerprint density at radius 3 is 2.91 bits per heavy atom. The summed E-state index contributed by atoms with van der Waals surface area (Å²) in [4.78, 5) is 17.0. The Morgan fingerprint density at radius 1 is 1.32 bits per heavy atom. The van der Waals surface area contributed by atoms with Crippen molar-refractivity contribution in [2.24, 2.45) is 5.92 Å². The van der Waals surface area contributed by atoms with Gasteiger partial charge < -0.3 is 5.32 Å². The first-order valence-corrected chi connectivity index (χ1v) is 7.90. The molecule has 5 nitrogen and oxygen atoms in total. The number of carbonyl (C=O) groups excluding carboxylic acids is 1. The molecule has 0 saturated heterocycles. The number of H-pyrrole nitrogens is 1. The fraction of sp³-hybridized carbons (Fsp3) is 0.188. The fourth-order valence-electron chi connectivity index (χ4n) is 2.52. The Hall–Kier alpha value is -2.21. The lowest BCUT2D eigenvalue weighted by Crippen LogP contribution is -2.07. The number of ketones is 1. The van der Waals surface area contributed by atoms with Crippen LogP contribution in [0.25, 0.3) is 10.9 Å². The van der Waals surface area contributed by atoms with E-state index in [1.54, 1.807) is 18.6 Å². The first-order chi connectivity index (χ1) is 10.7. The number of nitrogens with zero attached hydrogens (tertiary/aromatic N) is 2. The number of pyridine rings is 1. The lowest BCUT2D eigenvalue weighted by molar-refractivity contribution is 0.0968. The van der Waals surface area contributed by atoms with Gasteiger partial charge in [0, 0.05) is 28.2 Å². The van der Waals surface area contributed by atoms with Crippen LogP contribution in [-0.2, 0) is 0 Å². The van der Waals surface area contributed by atoms with Crippen LogP contribution in [0.15, 0.2) is 41.3 Å². The number of benzene rings is 1. The van der Waals surface area contributed by atoms with Gasteiger partial charge >= 0.3 is 0 Å². The Balaban J connectivity index is 1.91. The highest BCUT2D eigenvalue weighted by molar-refractivity contribution is 9.10. The molecule has 0 aliphatic heterocycles. The highest BCUT2D eigenvalue weighted by Gasteiger charge is 2.32. The smallest absolute Gasteiger partial charge is 0.169 e. The van der Waals surface area contributed by atoms with E-state index in [0.717, 1.165) is 39.6 Å². The van der Waals surface area contributed by atoms with E-state index >= 15 is 0 Å². The molecule has 1 aromatic carbocycles. The maximum absolute atomic E-state index is 12.6. The summed E-state index contributed by atoms with van der Waals surface area (Å²) < 4.78 is 0.952. The van der Waals surface area contributed by atoms with E-state index in [2.05, 4.69) is 36.4 Å². The van der Waals surface area contributed by atoms with E-state index in [9.17, 15) is 4.79 Å². The van der Waals surface area contributed by atoms with Gasteiger partial charge in [-0.1, -0.05) is 15.9 Å². The third-order valence-electron chi connectivity index (χ3n) is 3.81. The first kappa shape index (κ1) is 13.5. The van der Waals surface area contributed by atoms with Crippen LogP contribution in [0.4, 0.5) is 11.4 Å². The van der Waals surface area contributed by atoms with Gasteiger partial charge in [-0.05, 0) is 31.0 Å². The number of hydrogen-bond donors (Lipinski definition) is 2. The van der Waals surface area contributed by atoms with Crippen LogP contribution in [0.5, 0.6) is 0 Å². The normalized spacial score (nSPS) is 14.2. The number of hydrogen-bond acceptors (Lipinski definition) is 4. The van der Waals surface area contributed by atoms with Crippen LogP contribution in [0.1, 0.15) is 23.2 Å². The second-order valence-corrected chi connectivity index (χ2v) is 6.37. The summed E-state index contributed by atoms with van der Waals surface area (Å²) in [6.07, 6.45) is 7.07. The van der Waals surface area contributed by atoms with Crippen molar-refractivity contribution >= 4 is 44.0 Å². The second kappa shape index (κ2) is 5.21. The van der Waals surface area contributed by atoms with Crippen LogP contribution in [0.2, 0.25) is 0 Å². The van der Waals surface area contributed by atoms with Crippen molar-refractivity contribution in [2.75, 3.05) is 5.32 Å². The Morgan fingerprint density at radius 2 is 2.18 bits per heavy atom. The number of anilines is 2. The molecule has 2 heterocycles. The monoisotopic (exact) mass is 356 g/mol. The predicted octanol–water partition coefficient (Wildman–Crippen LogP) is 4.06. The summed E-state index contributed by atoms with van der Waals surface area (Å²) >= 11 is 3.49. The van der Waals surface area contributed by atoms with Crippen LogP contribution >= 0.6 is 15.9 Å². The zero-order valence-corrected chi connectivity index (χ0v) is 13.2. The van der Waals surface area contributed by atoms with Crippen molar-refractivity contribution < 1.29 is 4.79 Å². The number of carbonyl (C=O) groups is 1. The molecule has 0 atom stereocenters. The highest BCUT2D eigenvalue weighted by Crippen LogP contribution is 2.37. The lowest BCUT2D eigenvalue weighted by Gasteiger charge is -2.13. The molecule has 1 aliphatic carbocycles. The molecule has 0 unspecified atom stereocenters. The van der Waals surface area contributed by atoms with E-state index in [1.807, 2.05) is 18.2 Å². The molecule has 0 spiro atoms. The molecule has 3 aromatic rings. The minimum absolute atomic E-state index is 0.149. The van der Waals surface area contributed by atoms with Gasteiger partial charge in [0.1, 0.15) is 0 Å². The summed E-state index contributed by atoms with van der Waals surface area (Å²) in [5.74, 6) is 0.316. The molecule has 2 aromatic heterocycles. The Labute approximate surface area is 135 Å². The molecule has 4 rings (SSSR count). The zero-order chi connectivity index (χ0) is 15.1. The van der Waals surface area contributed by atoms with Crippen LogP contribution in [-0.4, -0.2) is 21.0 Å². The maximum Gasteiger partial charge on any atom is 0.169 e. The van der Waals surface area contributed by atoms with E-state index in [-0.39, 0.29) is 11.7 Å². The number of rotatable bonds is 4. The molecular weight excluding hydrogens is 344 g/mol. The van der Waals surface area contributed by atoms with E-state index in [1.165, 1.54) is 0 Å². The summed E-state index contributed by atoms with van der Waals surface area (Å²) in [7, 11) is 0. The average Bonchev–Trinajstić information content (AvgIpc) is 3.25. The average molecular weight is 357 g/mol. The van der Waals surface area contributed by atoms with Crippen molar-refractivity contribution in [2.45, 2.75) is 12.8 Å². The fourth-order valence-corrected chi connectivity index (χ4v) is 2.88. The van der Waals surface area contributed by atoms with E-state index in [4.69, 9.17) is 0 Å². The molecule has 2 N–H and O–H groups in total. The molecule has 1 saturated carbocycles. The molecule has 1 aliphatic rings. The van der Waals surface area contributed by atoms with Crippen LogP contribution in [0, 0.1) is 5.92 Å². The van der Waals surface area contributed by atoms with Crippen molar-refractivity contribution in [1.29, 1.82) is 0 Å². The van der Waals surface area contributed by atoms with Crippen LogP contribution in [0.3, 0.4) is 0 Å². The zero-order valence-electron chi connectivity index (χ0n) is 11.6. The highest BCUT2D eigenvalue weighted by atomic mass is 79.9. The Bertz CT molecular complexity index is 856. The third-order valence-corrected chi connectivity index (χ3v) is 4.30. The minimum Gasteiger partial charge on any atom is -0.352 e. The molecule has 0 radical (unpaired) electrons. The SMILES string of the molecule is O=C(c1cnc2ccc(Br)cc2c1Nc1cn[nH]c1)C1CC1. The molecule has 0 amide bonds. The maximum atomic E-state index is 12.6. The van der Waals surface area contributed by atoms with Crippen molar-refractivity contribution in [3.63, 3.8) is 0 Å². The number of halogens is 1. The molecule has 22 heavy (non-hydrogen) atoms. The second-order valence-electron chi connectivity index (χ2n) is 5.46. The van der Waals surface area contributed by atoms with Gasteiger partial charge in [-0.3, -0.25) is 14.9 Å². The van der Waals surface area contributed by atoms with Crippen molar-refractivity contribution in [1.82, 2.24) is 15.2 Å². The number of nitrogens with one attached hydrogen (secondary N) is 2. The quantitative estimate of drug-likeness (QED) is 0.691. The van der Waals surface area contributed by atoms with Crippen molar-refractivity contribution in [3.8, 4) is 0 Å². The largest absolute Gasteiger partial charge is 0.352 e. The van der Waals surface area contributed by atoms with Gasteiger partial charge in [0.05, 0.1) is 28.7 Å². The summed E-state index contributed by atoms with van der Waals surface area (Å²) in [5, 5.41) is 10.9. The Kier molecular flexibility index (Phi) is 3.18. The molecular formula is C16H13BrN4O. The number of Topliss-reactive ketones (excluding diaryl/α,β-unsaturated/α-hetero) is 1. The van der Waals surface area contributed by atoms with Gasteiger partial charge in [0.2, 0.25) is 0 Å². The van der Waals surface area contributed by atoms with Gasteiger partial charge in [-0.15, -0.1) is 0 Å². The topological polar surface area (TPSA) is 70.7 Å². The minimum atomic E-state index is 0.149. The van der Waals surface area contributed by atoms with Gasteiger partial charge in [-0.25, -0.2) is 0 Å². The number of fused-ring (bicyclic) bond motifs is 1. The van der Waals surface area contributed by atoms with E-state index < -0.39 is 0 Å².